The second kappa shape index (κ2) is 6.63. The van der Waals surface area contributed by atoms with Crippen LogP contribution in [0.3, 0.4) is 0 Å². The standard InChI is InChI=1S/C13H16F3NOS/c14-10-4-8(5-11(15)13(10)16)12(6-18)17-9-2-1-3-19-7-9/h4-5,9,12,17-18H,1-3,6-7H2/t9-,12-/m1/s1. The minimum absolute atomic E-state index is 0.201. The van der Waals surface area contributed by atoms with E-state index in [1.54, 1.807) is 0 Å². The molecule has 0 unspecified atom stereocenters. The van der Waals surface area contributed by atoms with Crippen LogP contribution in [0.4, 0.5) is 13.2 Å². The molecule has 2 atom stereocenters. The van der Waals surface area contributed by atoms with Crippen molar-refractivity contribution in [3.05, 3.63) is 35.1 Å². The maximum Gasteiger partial charge on any atom is 0.194 e. The zero-order valence-corrected chi connectivity index (χ0v) is 11.2. The Morgan fingerprint density at radius 1 is 1.32 bits per heavy atom. The molecule has 1 aromatic carbocycles. The summed E-state index contributed by atoms with van der Waals surface area (Å²) in [5.74, 6) is -1.92. The van der Waals surface area contributed by atoms with E-state index in [0.717, 1.165) is 36.5 Å². The first-order valence-electron chi connectivity index (χ1n) is 6.21. The van der Waals surface area contributed by atoms with Crippen LogP contribution >= 0.6 is 11.8 Å². The molecule has 2 rings (SSSR count). The lowest BCUT2D eigenvalue weighted by atomic mass is 10.0. The second-order valence-electron chi connectivity index (χ2n) is 4.61. The Kier molecular flexibility index (Phi) is 5.13. The SMILES string of the molecule is OC[C@@H](N[C@@H]1CCCSC1)c1cc(F)c(F)c(F)c1. The van der Waals surface area contributed by atoms with Gasteiger partial charge in [-0.1, -0.05) is 0 Å². The van der Waals surface area contributed by atoms with Crippen molar-refractivity contribution < 1.29 is 18.3 Å². The summed E-state index contributed by atoms with van der Waals surface area (Å²) in [5.41, 5.74) is 0.231. The Labute approximate surface area is 114 Å². The van der Waals surface area contributed by atoms with Crippen molar-refractivity contribution in [3.8, 4) is 0 Å². The van der Waals surface area contributed by atoms with E-state index in [9.17, 15) is 18.3 Å². The van der Waals surface area contributed by atoms with E-state index >= 15 is 0 Å². The van der Waals surface area contributed by atoms with Gasteiger partial charge < -0.3 is 10.4 Å². The molecule has 0 amide bonds. The minimum Gasteiger partial charge on any atom is -0.394 e. The normalized spacial score (nSPS) is 21.4. The highest BCUT2D eigenvalue weighted by atomic mass is 32.2. The molecule has 1 aromatic rings. The molecule has 2 N–H and O–H groups in total. The summed E-state index contributed by atoms with van der Waals surface area (Å²) in [6.07, 6.45) is 2.04. The maximum absolute atomic E-state index is 13.2. The molecule has 0 radical (unpaired) electrons. The van der Waals surface area contributed by atoms with Gasteiger partial charge in [-0.15, -0.1) is 0 Å². The lowest BCUT2D eigenvalue weighted by molar-refractivity contribution is 0.232. The van der Waals surface area contributed by atoms with E-state index in [-0.39, 0.29) is 18.2 Å². The molecule has 106 valence electrons. The average Bonchev–Trinajstić information content (AvgIpc) is 2.42. The molecule has 6 heteroatoms. The Morgan fingerprint density at radius 3 is 2.53 bits per heavy atom. The van der Waals surface area contributed by atoms with Crippen LogP contribution in [0.15, 0.2) is 12.1 Å². The van der Waals surface area contributed by atoms with Crippen molar-refractivity contribution in [2.24, 2.45) is 0 Å². The largest absolute Gasteiger partial charge is 0.394 e. The summed E-state index contributed by atoms with van der Waals surface area (Å²) < 4.78 is 39.3. The molecular formula is C13H16F3NOS. The number of thioether (sulfide) groups is 1. The van der Waals surface area contributed by atoms with E-state index in [4.69, 9.17) is 0 Å². The summed E-state index contributed by atoms with van der Waals surface area (Å²) in [5, 5.41) is 12.5. The van der Waals surface area contributed by atoms with Crippen LogP contribution in [0.2, 0.25) is 0 Å². The predicted octanol–water partition coefficient (Wildman–Crippen LogP) is 2.62. The summed E-state index contributed by atoms with van der Waals surface area (Å²) in [4.78, 5) is 0. The zero-order valence-electron chi connectivity index (χ0n) is 10.3. The third-order valence-electron chi connectivity index (χ3n) is 3.19. The molecule has 1 aliphatic heterocycles. The van der Waals surface area contributed by atoms with Gasteiger partial charge in [-0.05, 0) is 36.3 Å². The van der Waals surface area contributed by atoms with Crippen molar-refractivity contribution in [1.29, 1.82) is 0 Å². The van der Waals surface area contributed by atoms with Crippen molar-refractivity contribution in [1.82, 2.24) is 5.32 Å². The van der Waals surface area contributed by atoms with Crippen molar-refractivity contribution in [3.63, 3.8) is 0 Å². The minimum atomic E-state index is -1.48. The monoisotopic (exact) mass is 291 g/mol. The molecule has 1 aliphatic rings. The van der Waals surface area contributed by atoms with E-state index < -0.39 is 23.5 Å². The van der Waals surface area contributed by atoms with E-state index in [0.29, 0.717) is 0 Å². The molecular weight excluding hydrogens is 275 g/mol. The van der Waals surface area contributed by atoms with Crippen LogP contribution < -0.4 is 5.32 Å². The van der Waals surface area contributed by atoms with Crippen LogP contribution in [-0.4, -0.2) is 29.3 Å². The van der Waals surface area contributed by atoms with Gasteiger partial charge in [0, 0.05) is 11.8 Å². The molecule has 0 saturated carbocycles. The number of hydrogen-bond acceptors (Lipinski definition) is 3. The third kappa shape index (κ3) is 3.64. The van der Waals surface area contributed by atoms with E-state index in [1.807, 2.05) is 11.8 Å². The molecule has 1 fully saturated rings. The second-order valence-corrected chi connectivity index (χ2v) is 5.76. The van der Waals surface area contributed by atoms with Gasteiger partial charge >= 0.3 is 0 Å². The number of aliphatic hydroxyl groups excluding tert-OH is 1. The van der Waals surface area contributed by atoms with Gasteiger partial charge in [0.2, 0.25) is 0 Å². The molecule has 0 aromatic heterocycles. The number of benzene rings is 1. The topological polar surface area (TPSA) is 32.3 Å². The van der Waals surface area contributed by atoms with Gasteiger partial charge in [-0.25, -0.2) is 13.2 Å². The maximum atomic E-state index is 13.2. The average molecular weight is 291 g/mol. The lowest BCUT2D eigenvalue weighted by Crippen LogP contribution is -2.38. The zero-order chi connectivity index (χ0) is 13.8. The van der Waals surface area contributed by atoms with E-state index in [2.05, 4.69) is 5.32 Å². The van der Waals surface area contributed by atoms with Crippen LogP contribution in [-0.2, 0) is 0 Å². The summed E-state index contributed by atoms with van der Waals surface area (Å²) >= 11 is 1.81. The smallest absolute Gasteiger partial charge is 0.194 e. The quantitative estimate of drug-likeness (QED) is 0.837. The van der Waals surface area contributed by atoms with Crippen LogP contribution in [0.1, 0.15) is 24.4 Å². The van der Waals surface area contributed by atoms with Crippen molar-refractivity contribution in [2.45, 2.75) is 24.9 Å². The molecule has 1 heterocycles. The summed E-state index contributed by atoms with van der Waals surface area (Å²) in [6.45, 7) is -0.286. The molecule has 0 bridgehead atoms. The lowest BCUT2D eigenvalue weighted by Gasteiger charge is -2.27. The fourth-order valence-electron chi connectivity index (χ4n) is 2.19. The highest BCUT2D eigenvalue weighted by Gasteiger charge is 2.21. The Hall–Kier alpha value is -0.720. The van der Waals surface area contributed by atoms with Crippen molar-refractivity contribution >= 4 is 11.8 Å². The summed E-state index contributed by atoms with van der Waals surface area (Å²) in [6, 6.07) is 1.49. The summed E-state index contributed by atoms with van der Waals surface area (Å²) in [7, 11) is 0. The first-order chi connectivity index (χ1) is 9.11. The number of rotatable bonds is 4. The van der Waals surface area contributed by atoms with Crippen LogP contribution in [0, 0.1) is 17.5 Å². The number of aliphatic hydroxyl groups is 1. The number of hydrogen-bond donors (Lipinski definition) is 2. The first kappa shape index (κ1) is 14.7. The third-order valence-corrected chi connectivity index (χ3v) is 4.40. The van der Waals surface area contributed by atoms with Gasteiger partial charge in [0.1, 0.15) is 0 Å². The Balaban J connectivity index is 2.12. The van der Waals surface area contributed by atoms with Gasteiger partial charge in [-0.2, -0.15) is 11.8 Å². The molecule has 19 heavy (non-hydrogen) atoms. The van der Waals surface area contributed by atoms with Gasteiger partial charge in [-0.3, -0.25) is 0 Å². The highest BCUT2D eigenvalue weighted by molar-refractivity contribution is 7.99. The van der Waals surface area contributed by atoms with Gasteiger partial charge in [0.15, 0.2) is 17.5 Å². The molecule has 2 nitrogen and oxygen atoms in total. The van der Waals surface area contributed by atoms with Crippen LogP contribution in [0.25, 0.3) is 0 Å². The van der Waals surface area contributed by atoms with Gasteiger partial charge in [0.05, 0.1) is 12.6 Å². The highest BCUT2D eigenvalue weighted by Crippen LogP contribution is 2.23. The Bertz CT molecular complexity index is 415. The molecule has 1 saturated heterocycles. The first-order valence-corrected chi connectivity index (χ1v) is 7.36. The molecule has 0 spiro atoms. The van der Waals surface area contributed by atoms with Crippen molar-refractivity contribution in [2.75, 3.05) is 18.1 Å². The fraction of sp³-hybridized carbons (Fsp3) is 0.538. The number of halogens is 3. The molecule has 0 aliphatic carbocycles. The van der Waals surface area contributed by atoms with E-state index in [1.165, 1.54) is 0 Å². The number of nitrogens with one attached hydrogen (secondary N) is 1. The Morgan fingerprint density at radius 2 is 2.00 bits per heavy atom. The van der Waals surface area contributed by atoms with Crippen LogP contribution in [0.5, 0.6) is 0 Å². The fourth-order valence-corrected chi connectivity index (χ4v) is 3.27. The van der Waals surface area contributed by atoms with Gasteiger partial charge in [0.25, 0.3) is 0 Å². The predicted molar refractivity (Wildman–Crippen MR) is 69.6 cm³/mol.